The summed E-state index contributed by atoms with van der Waals surface area (Å²) in [7, 11) is 0. The van der Waals surface area contributed by atoms with Gasteiger partial charge in [0.2, 0.25) is 0 Å². The Bertz CT molecular complexity index is 271. The van der Waals surface area contributed by atoms with Gasteiger partial charge in [-0.05, 0) is 46.7 Å². The molecule has 0 aliphatic carbocycles. The molecular weight excluding hydrogens is 196 g/mol. The molecule has 0 amide bonds. The number of nitrogens with one attached hydrogen (secondary N) is 1. The average Bonchev–Trinajstić information content (AvgIpc) is 2.28. The minimum Gasteiger partial charge on any atom is -0.303 e. The first-order valence-electron chi connectivity index (χ1n) is 6.21. The molecule has 0 saturated carbocycles. The van der Waals surface area contributed by atoms with Gasteiger partial charge in [-0.1, -0.05) is 17.6 Å². The van der Waals surface area contributed by atoms with Gasteiger partial charge in [0.15, 0.2) is 0 Å². The minimum absolute atomic E-state index is 0.670. The van der Waals surface area contributed by atoms with Crippen molar-refractivity contribution in [2.75, 3.05) is 26.2 Å². The summed E-state index contributed by atoms with van der Waals surface area (Å²) in [6.45, 7) is 10.6. The Hall–Kier alpha value is -0.780. The second kappa shape index (κ2) is 7.49. The summed E-state index contributed by atoms with van der Waals surface area (Å²) in [4.78, 5) is 2.52. The number of hydrogen-bond donors (Lipinski definition) is 1. The normalized spacial score (nSPS) is 17.7. The fourth-order valence-electron chi connectivity index (χ4n) is 1.92. The molecule has 0 bridgehead atoms. The van der Waals surface area contributed by atoms with Crippen LogP contribution in [0.3, 0.4) is 0 Å². The highest BCUT2D eigenvalue weighted by atomic mass is 15.1. The fourth-order valence-corrected chi connectivity index (χ4v) is 1.92. The molecule has 2 heteroatoms. The number of hydrogen-bond acceptors (Lipinski definition) is 2. The van der Waals surface area contributed by atoms with Crippen LogP contribution in [0.25, 0.3) is 0 Å². The Kier molecular flexibility index (Phi) is 6.22. The molecular formula is C14H24N2. The maximum absolute atomic E-state index is 3.49. The highest BCUT2D eigenvalue weighted by Gasteiger charge is 2.17. The lowest BCUT2D eigenvalue weighted by Gasteiger charge is -2.31. The van der Waals surface area contributed by atoms with E-state index in [0.29, 0.717) is 6.04 Å². The Morgan fingerprint density at radius 3 is 2.62 bits per heavy atom. The molecule has 1 saturated heterocycles. The molecule has 2 nitrogen and oxygen atoms in total. The number of rotatable bonds is 4. The summed E-state index contributed by atoms with van der Waals surface area (Å²) >= 11 is 0. The molecule has 16 heavy (non-hydrogen) atoms. The SMILES string of the molecule is CC#CCNC1CCN(CC=C(C)C)CC1. The molecule has 1 heterocycles. The van der Waals surface area contributed by atoms with Crippen molar-refractivity contribution in [3.8, 4) is 11.8 Å². The molecule has 0 spiro atoms. The van der Waals surface area contributed by atoms with E-state index in [2.05, 4.69) is 42.0 Å². The van der Waals surface area contributed by atoms with Crippen molar-refractivity contribution in [2.24, 2.45) is 0 Å². The van der Waals surface area contributed by atoms with Crippen LogP contribution >= 0.6 is 0 Å². The third-order valence-corrected chi connectivity index (χ3v) is 3.00. The van der Waals surface area contributed by atoms with Gasteiger partial charge in [-0.2, -0.15) is 0 Å². The molecule has 1 aliphatic heterocycles. The summed E-state index contributed by atoms with van der Waals surface area (Å²) in [5.74, 6) is 5.98. The van der Waals surface area contributed by atoms with Crippen molar-refractivity contribution >= 4 is 0 Å². The quantitative estimate of drug-likeness (QED) is 0.576. The standard InChI is InChI=1S/C14H24N2/c1-4-5-9-15-14-7-11-16(12-8-14)10-6-13(2)3/h6,14-15H,7-12H2,1-3H3. The van der Waals surface area contributed by atoms with Gasteiger partial charge in [0.1, 0.15) is 0 Å². The predicted molar refractivity (Wildman–Crippen MR) is 70.3 cm³/mol. The molecule has 0 aromatic rings. The lowest BCUT2D eigenvalue weighted by molar-refractivity contribution is 0.218. The van der Waals surface area contributed by atoms with Crippen LogP contribution in [0, 0.1) is 11.8 Å². The smallest absolute Gasteiger partial charge is 0.0578 e. The van der Waals surface area contributed by atoms with Crippen LogP contribution in [0.5, 0.6) is 0 Å². The monoisotopic (exact) mass is 220 g/mol. The molecule has 1 N–H and O–H groups in total. The van der Waals surface area contributed by atoms with Crippen LogP contribution in [-0.2, 0) is 0 Å². The fraction of sp³-hybridized carbons (Fsp3) is 0.714. The first-order valence-corrected chi connectivity index (χ1v) is 6.21. The Morgan fingerprint density at radius 2 is 2.06 bits per heavy atom. The molecule has 0 aromatic heterocycles. The van der Waals surface area contributed by atoms with Crippen molar-refractivity contribution in [2.45, 2.75) is 39.7 Å². The molecule has 0 atom stereocenters. The van der Waals surface area contributed by atoms with Crippen LogP contribution < -0.4 is 5.32 Å². The molecule has 0 radical (unpaired) electrons. The first-order chi connectivity index (χ1) is 7.72. The molecule has 0 unspecified atom stereocenters. The summed E-state index contributed by atoms with van der Waals surface area (Å²) < 4.78 is 0. The number of piperidine rings is 1. The summed E-state index contributed by atoms with van der Waals surface area (Å²) in [5, 5.41) is 3.49. The van der Waals surface area contributed by atoms with E-state index in [-0.39, 0.29) is 0 Å². The van der Waals surface area contributed by atoms with E-state index in [9.17, 15) is 0 Å². The van der Waals surface area contributed by atoms with Gasteiger partial charge in [-0.25, -0.2) is 0 Å². The topological polar surface area (TPSA) is 15.3 Å². The molecule has 1 fully saturated rings. The second-order valence-electron chi connectivity index (χ2n) is 4.66. The minimum atomic E-state index is 0.670. The number of likely N-dealkylation sites (tertiary alicyclic amines) is 1. The van der Waals surface area contributed by atoms with Crippen LogP contribution in [0.4, 0.5) is 0 Å². The summed E-state index contributed by atoms with van der Waals surface area (Å²) in [6.07, 6.45) is 4.82. The van der Waals surface area contributed by atoms with Crippen molar-refractivity contribution in [1.29, 1.82) is 0 Å². The van der Waals surface area contributed by atoms with Gasteiger partial charge in [0.25, 0.3) is 0 Å². The highest BCUT2D eigenvalue weighted by molar-refractivity contribution is 4.98. The number of allylic oxidation sites excluding steroid dienone is 1. The van der Waals surface area contributed by atoms with Gasteiger partial charge in [0, 0.05) is 12.6 Å². The lowest BCUT2D eigenvalue weighted by atomic mass is 10.1. The predicted octanol–water partition coefficient (Wildman–Crippen LogP) is 2.03. The average molecular weight is 220 g/mol. The van der Waals surface area contributed by atoms with Crippen LogP contribution in [-0.4, -0.2) is 37.1 Å². The number of nitrogens with zero attached hydrogens (tertiary/aromatic N) is 1. The van der Waals surface area contributed by atoms with Crippen LogP contribution in [0.1, 0.15) is 33.6 Å². The maximum Gasteiger partial charge on any atom is 0.0578 e. The molecule has 1 aliphatic rings. The van der Waals surface area contributed by atoms with Crippen molar-refractivity contribution < 1.29 is 0 Å². The zero-order valence-corrected chi connectivity index (χ0v) is 10.8. The first kappa shape index (κ1) is 13.3. The summed E-state index contributed by atoms with van der Waals surface area (Å²) in [6, 6.07) is 0.670. The molecule has 0 aromatic carbocycles. The van der Waals surface area contributed by atoms with E-state index < -0.39 is 0 Å². The second-order valence-corrected chi connectivity index (χ2v) is 4.66. The van der Waals surface area contributed by atoms with Gasteiger partial charge in [0.05, 0.1) is 6.54 Å². The Balaban J connectivity index is 2.17. The Labute approximate surface area is 100 Å². The van der Waals surface area contributed by atoms with Gasteiger partial charge in [-0.3, -0.25) is 4.90 Å². The van der Waals surface area contributed by atoms with Gasteiger partial charge >= 0.3 is 0 Å². The van der Waals surface area contributed by atoms with Gasteiger partial charge in [-0.15, -0.1) is 5.92 Å². The lowest BCUT2D eigenvalue weighted by Crippen LogP contribution is -2.42. The van der Waals surface area contributed by atoms with E-state index in [1.807, 2.05) is 6.92 Å². The van der Waals surface area contributed by atoms with Crippen molar-refractivity contribution in [3.05, 3.63) is 11.6 Å². The molecule has 1 rings (SSSR count). The van der Waals surface area contributed by atoms with Gasteiger partial charge < -0.3 is 5.32 Å². The zero-order chi connectivity index (χ0) is 11.8. The largest absolute Gasteiger partial charge is 0.303 e. The van der Waals surface area contributed by atoms with Crippen LogP contribution in [0.2, 0.25) is 0 Å². The third kappa shape index (κ3) is 5.34. The zero-order valence-electron chi connectivity index (χ0n) is 10.8. The Morgan fingerprint density at radius 1 is 1.38 bits per heavy atom. The van der Waals surface area contributed by atoms with Crippen molar-refractivity contribution in [3.63, 3.8) is 0 Å². The van der Waals surface area contributed by atoms with Crippen molar-refractivity contribution in [1.82, 2.24) is 10.2 Å². The highest BCUT2D eigenvalue weighted by Crippen LogP contribution is 2.10. The summed E-state index contributed by atoms with van der Waals surface area (Å²) in [5.41, 5.74) is 1.42. The van der Waals surface area contributed by atoms with E-state index in [4.69, 9.17) is 0 Å². The van der Waals surface area contributed by atoms with E-state index in [1.54, 1.807) is 0 Å². The van der Waals surface area contributed by atoms with E-state index in [1.165, 1.54) is 31.5 Å². The van der Waals surface area contributed by atoms with E-state index >= 15 is 0 Å². The molecule has 90 valence electrons. The van der Waals surface area contributed by atoms with Crippen LogP contribution in [0.15, 0.2) is 11.6 Å². The van der Waals surface area contributed by atoms with E-state index in [0.717, 1.165) is 13.1 Å². The third-order valence-electron chi connectivity index (χ3n) is 3.00. The maximum atomic E-state index is 3.49.